The van der Waals surface area contributed by atoms with Gasteiger partial charge in [0.15, 0.2) is 0 Å². The van der Waals surface area contributed by atoms with Crippen LogP contribution in [-0.4, -0.2) is 28.6 Å². The van der Waals surface area contributed by atoms with E-state index in [0.29, 0.717) is 13.1 Å². The molecule has 0 saturated carbocycles. The van der Waals surface area contributed by atoms with Gasteiger partial charge in [-0.15, -0.1) is 0 Å². The minimum Gasteiger partial charge on any atom is -0.478 e. The molecular weight excluding hydrogens is 354 g/mol. The van der Waals surface area contributed by atoms with Crippen LogP contribution in [0.3, 0.4) is 0 Å². The number of hydrogen-bond donors (Lipinski definition) is 1. The smallest absolute Gasteiger partial charge is 0.410 e. The number of carboxylic acids is 1. The van der Waals surface area contributed by atoms with E-state index in [9.17, 15) is 9.59 Å². The molecule has 1 aliphatic rings. The molecule has 0 radical (unpaired) electrons. The predicted octanol–water partition coefficient (Wildman–Crippen LogP) is 4.75. The number of aromatic carboxylic acids is 1. The summed E-state index contributed by atoms with van der Waals surface area (Å²) in [6.45, 7) is 0.989. The number of cyclic esters (lactones) is 1. The van der Waals surface area contributed by atoms with Crippen molar-refractivity contribution in [1.82, 2.24) is 4.90 Å². The van der Waals surface area contributed by atoms with Gasteiger partial charge in [-0.2, -0.15) is 0 Å². The molecule has 0 spiro atoms. The lowest BCUT2D eigenvalue weighted by Gasteiger charge is -2.13. The number of benzene rings is 3. The molecule has 1 atom stereocenters. The molecule has 3 aromatic rings. The first-order valence-electron chi connectivity index (χ1n) is 9.03. The fourth-order valence-electron chi connectivity index (χ4n) is 3.33. The summed E-state index contributed by atoms with van der Waals surface area (Å²) in [4.78, 5) is 25.0. The Labute approximate surface area is 162 Å². The van der Waals surface area contributed by atoms with Crippen molar-refractivity contribution in [3.05, 3.63) is 95.6 Å². The second-order valence-electron chi connectivity index (χ2n) is 6.75. The van der Waals surface area contributed by atoms with Crippen LogP contribution in [0.5, 0.6) is 0 Å². The third kappa shape index (κ3) is 3.74. The summed E-state index contributed by atoms with van der Waals surface area (Å²) in [7, 11) is 0. The van der Waals surface area contributed by atoms with E-state index in [1.807, 2.05) is 60.7 Å². The molecule has 1 aliphatic heterocycles. The molecule has 28 heavy (non-hydrogen) atoms. The molecule has 1 fully saturated rings. The van der Waals surface area contributed by atoms with Gasteiger partial charge in [-0.3, -0.25) is 4.90 Å². The molecule has 5 heteroatoms. The van der Waals surface area contributed by atoms with E-state index in [4.69, 9.17) is 9.84 Å². The molecule has 1 N–H and O–H groups in total. The lowest BCUT2D eigenvalue weighted by atomic mass is 10.0. The Bertz CT molecular complexity index is 999. The minimum absolute atomic E-state index is 0.244. The zero-order valence-corrected chi connectivity index (χ0v) is 15.1. The van der Waals surface area contributed by atoms with E-state index in [1.54, 1.807) is 23.1 Å². The summed E-state index contributed by atoms with van der Waals surface area (Å²) in [6, 6.07) is 24.3. The van der Waals surface area contributed by atoms with Crippen LogP contribution in [0.15, 0.2) is 78.9 Å². The van der Waals surface area contributed by atoms with Crippen molar-refractivity contribution in [2.24, 2.45) is 0 Å². The maximum atomic E-state index is 12.2. The number of ether oxygens (including phenoxy) is 1. The van der Waals surface area contributed by atoms with Crippen molar-refractivity contribution in [2.45, 2.75) is 12.6 Å². The first-order valence-corrected chi connectivity index (χ1v) is 9.03. The highest BCUT2D eigenvalue weighted by atomic mass is 16.6. The van der Waals surface area contributed by atoms with Crippen LogP contribution in [-0.2, 0) is 11.3 Å². The molecule has 4 rings (SSSR count). The summed E-state index contributed by atoms with van der Waals surface area (Å²) in [5.74, 6) is -0.945. The topological polar surface area (TPSA) is 66.8 Å². The van der Waals surface area contributed by atoms with Crippen LogP contribution in [0, 0.1) is 0 Å². The van der Waals surface area contributed by atoms with Crippen LogP contribution < -0.4 is 0 Å². The van der Waals surface area contributed by atoms with Crippen molar-refractivity contribution in [1.29, 1.82) is 0 Å². The minimum atomic E-state index is -0.945. The third-order valence-corrected chi connectivity index (χ3v) is 4.83. The van der Waals surface area contributed by atoms with Gasteiger partial charge in [0.2, 0.25) is 0 Å². The van der Waals surface area contributed by atoms with Crippen molar-refractivity contribution < 1.29 is 19.4 Å². The van der Waals surface area contributed by atoms with E-state index < -0.39 is 5.97 Å². The van der Waals surface area contributed by atoms with Gasteiger partial charge in [0.25, 0.3) is 0 Å². The molecule has 140 valence electrons. The molecule has 5 nitrogen and oxygen atoms in total. The van der Waals surface area contributed by atoms with Gasteiger partial charge in [-0.05, 0) is 34.4 Å². The molecule has 0 aromatic heterocycles. The van der Waals surface area contributed by atoms with Gasteiger partial charge in [-0.1, -0.05) is 66.7 Å². The predicted molar refractivity (Wildman–Crippen MR) is 105 cm³/mol. The maximum absolute atomic E-state index is 12.2. The fourth-order valence-corrected chi connectivity index (χ4v) is 3.33. The third-order valence-electron chi connectivity index (χ3n) is 4.83. The Morgan fingerprint density at radius 1 is 0.964 bits per heavy atom. The van der Waals surface area contributed by atoms with E-state index in [2.05, 4.69) is 0 Å². The normalized spacial score (nSPS) is 16.1. The Balaban J connectivity index is 1.46. The summed E-state index contributed by atoms with van der Waals surface area (Å²) >= 11 is 0. The highest BCUT2D eigenvalue weighted by Gasteiger charge is 2.32. The van der Waals surface area contributed by atoms with Gasteiger partial charge in [0, 0.05) is 6.54 Å². The van der Waals surface area contributed by atoms with E-state index in [1.165, 1.54) is 0 Å². The van der Waals surface area contributed by atoms with Crippen LogP contribution in [0.2, 0.25) is 0 Å². The van der Waals surface area contributed by atoms with Crippen LogP contribution in [0.1, 0.15) is 27.6 Å². The van der Waals surface area contributed by atoms with Crippen molar-refractivity contribution in [3.8, 4) is 11.1 Å². The quantitative estimate of drug-likeness (QED) is 0.701. The first-order chi connectivity index (χ1) is 13.6. The Morgan fingerprint density at radius 2 is 1.71 bits per heavy atom. The highest BCUT2D eigenvalue weighted by Crippen LogP contribution is 2.28. The second kappa shape index (κ2) is 7.56. The number of carbonyl (C=O) groups is 2. The molecule has 0 aliphatic carbocycles. The molecular formula is C23H19NO4. The van der Waals surface area contributed by atoms with Gasteiger partial charge < -0.3 is 9.84 Å². The lowest BCUT2D eigenvalue weighted by molar-refractivity contribution is 0.0697. The van der Waals surface area contributed by atoms with Crippen molar-refractivity contribution >= 4 is 12.1 Å². The van der Waals surface area contributed by atoms with Crippen molar-refractivity contribution in [3.63, 3.8) is 0 Å². The molecule has 3 aromatic carbocycles. The van der Waals surface area contributed by atoms with Crippen molar-refractivity contribution in [2.75, 3.05) is 6.54 Å². The molecule has 1 unspecified atom stereocenters. The SMILES string of the molecule is O=C(O)c1cccc(-c2ccc(CN3CC(c4ccccc4)OC3=O)cc2)c1. The monoisotopic (exact) mass is 373 g/mol. The molecule has 1 amide bonds. The largest absolute Gasteiger partial charge is 0.478 e. The molecule has 1 heterocycles. The summed E-state index contributed by atoms with van der Waals surface area (Å²) < 4.78 is 5.49. The zero-order chi connectivity index (χ0) is 19.5. The van der Waals surface area contributed by atoms with Gasteiger partial charge >= 0.3 is 12.1 Å². The fraction of sp³-hybridized carbons (Fsp3) is 0.130. The van der Waals surface area contributed by atoms with E-state index in [0.717, 1.165) is 22.3 Å². The average molecular weight is 373 g/mol. The second-order valence-corrected chi connectivity index (χ2v) is 6.75. The van der Waals surface area contributed by atoms with Gasteiger partial charge in [-0.25, -0.2) is 9.59 Å². The van der Waals surface area contributed by atoms with Gasteiger partial charge in [0.1, 0.15) is 6.10 Å². The molecule has 0 bridgehead atoms. The first kappa shape index (κ1) is 17.8. The number of rotatable bonds is 5. The maximum Gasteiger partial charge on any atom is 0.410 e. The standard InChI is InChI=1S/C23H19NO4/c25-22(26)20-8-4-7-19(13-20)17-11-9-16(10-12-17)14-24-15-21(28-23(24)27)18-5-2-1-3-6-18/h1-13,21H,14-15H2,(H,25,26). The zero-order valence-electron chi connectivity index (χ0n) is 15.1. The van der Waals surface area contributed by atoms with Crippen LogP contribution >= 0.6 is 0 Å². The number of carboxylic acid groups (broad SMARTS) is 1. The summed E-state index contributed by atoms with van der Waals surface area (Å²) in [5.41, 5.74) is 4.01. The van der Waals surface area contributed by atoms with E-state index in [-0.39, 0.29) is 17.8 Å². The Kier molecular flexibility index (Phi) is 4.81. The molecule has 1 saturated heterocycles. The Hall–Kier alpha value is -3.60. The number of carbonyl (C=O) groups excluding carboxylic acids is 1. The van der Waals surface area contributed by atoms with Gasteiger partial charge in [0.05, 0.1) is 12.1 Å². The van der Waals surface area contributed by atoms with E-state index >= 15 is 0 Å². The lowest BCUT2D eigenvalue weighted by Crippen LogP contribution is -2.23. The summed E-state index contributed by atoms with van der Waals surface area (Å²) in [6.07, 6.45) is -0.557. The number of amides is 1. The number of nitrogens with zero attached hydrogens (tertiary/aromatic N) is 1. The Morgan fingerprint density at radius 3 is 2.43 bits per heavy atom. The average Bonchev–Trinajstić information content (AvgIpc) is 3.10. The van der Waals surface area contributed by atoms with Crippen LogP contribution in [0.25, 0.3) is 11.1 Å². The van der Waals surface area contributed by atoms with Crippen LogP contribution in [0.4, 0.5) is 4.79 Å². The summed E-state index contributed by atoms with van der Waals surface area (Å²) in [5, 5.41) is 9.14. The number of hydrogen-bond acceptors (Lipinski definition) is 3. The highest BCUT2D eigenvalue weighted by molar-refractivity contribution is 5.89.